The predicted octanol–water partition coefficient (Wildman–Crippen LogP) is 2.91. The molecular weight excluding hydrogens is 342 g/mol. The van der Waals surface area contributed by atoms with Crippen molar-refractivity contribution < 1.29 is 17.7 Å². The molecule has 0 unspecified atom stereocenters. The zero-order valence-electron chi connectivity index (χ0n) is 12.8. The molecule has 1 aliphatic heterocycles. The molecule has 8 heteroatoms. The van der Waals surface area contributed by atoms with E-state index in [1.807, 2.05) is 6.07 Å². The standard InChI is InChI=1S/C17H11N3O4S/c18-8-11-2-1-3-13(6-11)20-25(21,22)14-4-5-16-15(7-14)17-12(10-23-16)9-19-24-17/h1-7,9,20H,10H2. The van der Waals surface area contributed by atoms with Crippen LogP contribution in [0.4, 0.5) is 5.69 Å². The first-order chi connectivity index (χ1) is 12.1. The Morgan fingerprint density at radius 2 is 2.08 bits per heavy atom. The number of nitriles is 1. The molecule has 0 fully saturated rings. The number of rotatable bonds is 3. The summed E-state index contributed by atoms with van der Waals surface area (Å²) in [5, 5.41) is 12.7. The summed E-state index contributed by atoms with van der Waals surface area (Å²) in [7, 11) is -3.83. The maximum Gasteiger partial charge on any atom is 0.261 e. The Morgan fingerprint density at radius 1 is 1.20 bits per heavy atom. The van der Waals surface area contributed by atoms with E-state index in [4.69, 9.17) is 14.5 Å². The highest BCUT2D eigenvalue weighted by Gasteiger charge is 2.24. The second kappa shape index (κ2) is 5.65. The van der Waals surface area contributed by atoms with E-state index in [1.165, 1.54) is 18.2 Å². The van der Waals surface area contributed by atoms with Crippen LogP contribution in [-0.4, -0.2) is 13.6 Å². The van der Waals surface area contributed by atoms with Gasteiger partial charge in [-0.25, -0.2) is 8.42 Å². The topological polar surface area (TPSA) is 105 Å². The molecule has 0 radical (unpaired) electrons. The van der Waals surface area contributed by atoms with Crippen LogP contribution in [0, 0.1) is 11.3 Å². The lowest BCUT2D eigenvalue weighted by molar-refractivity contribution is 0.297. The van der Waals surface area contributed by atoms with Crippen LogP contribution in [0.1, 0.15) is 11.1 Å². The van der Waals surface area contributed by atoms with Crippen LogP contribution in [0.2, 0.25) is 0 Å². The first kappa shape index (κ1) is 15.2. The summed E-state index contributed by atoms with van der Waals surface area (Å²) in [4.78, 5) is 0.0569. The Kier molecular flexibility index (Phi) is 3.44. The molecule has 4 rings (SSSR count). The molecule has 0 atom stereocenters. The van der Waals surface area contributed by atoms with E-state index in [0.29, 0.717) is 34.9 Å². The predicted molar refractivity (Wildman–Crippen MR) is 88.2 cm³/mol. The first-order valence-electron chi connectivity index (χ1n) is 7.30. The third kappa shape index (κ3) is 2.70. The number of fused-ring (bicyclic) bond motifs is 3. The molecule has 2 heterocycles. The van der Waals surface area contributed by atoms with Gasteiger partial charge in [-0.1, -0.05) is 11.2 Å². The highest BCUT2D eigenvalue weighted by molar-refractivity contribution is 7.92. The number of aromatic nitrogens is 1. The summed E-state index contributed by atoms with van der Waals surface area (Å²) in [5.41, 5.74) is 1.97. The fraction of sp³-hybridized carbons (Fsp3) is 0.0588. The molecule has 0 saturated carbocycles. The zero-order chi connectivity index (χ0) is 17.4. The van der Waals surface area contributed by atoms with E-state index in [-0.39, 0.29) is 4.90 Å². The summed E-state index contributed by atoms with van der Waals surface area (Å²) >= 11 is 0. The molecular formula is C17H11N3O4S. The third-order valence-electron chi connectivity index (χ3n) is 3.78. The number of nitrogens with one attached hydrogen (secondary N) is 1. The van der Waals surface area contributed by atoms with Gasteiger partial charge in [0.15, 0.2) is 5.76 Å². The maximum atomic E-state index is 12.7. The van der Waals surface area contributed by atoms with Crippen LogP contribution in [0.25, 0.3) is 11.3 Å². The van der Waals surface area contributed by atoms with Gasteiger partial charge in [-0.15, -0.1) is 0 Å². The van der Waals surface area contributed by atoms with Crippen molar-refractivity contribution in [1.29, 1.82) is 5.26 Å². The molecule has 0 bridgehead atoms. The molecule has 1 aliphatic rings. The van der Waals surface area contributed by atoms with Crippen molar-refractivity contribution in [1.82, 2.24) is 5.16 Å². The highest BCUT2D eigenvalue weighted by atomic mass is 32.2. The first-order valence-corrected chi connectivity index (χ1v) is 8.79. The molecule has 1 N–H and O–H groups in total. The lowest BCUT2D eigenvalue weighted by Crippen LogP contribution is -2.14. The summed E-state index contributed by atoms with van der Waals surface area (Å²) in [5.74, 6) is 1.04. The Labute approximate surface area is 143 Å². The van der Waals surface area contributed by atoms with Crippen molar-refractivity contribution >= 4 is 15.7 Å². The van der Waals surface area contributed by atoms with Gasteiger partial charge in [-0.2, -0.15) is 5.26 Å². The minimum Gasteiger partial charge on any atom is -0.488 e. The van der Waals surface area contributed by atoms with Gasteiger partial charge < -0.3 is 9.26 Å². The molecule has 0 saturated heterocycles. The third-order valence-corrected chi connectivity index (χ3v) is 5.16. The van der Waals surface area contributed by atoms with Crippen LogP contribution < -0.4 is 9.46 Å². The number of hydrogen-bond donors (Lipinski definition) is 1. The molecule has 1 aromatic heterocycles. The van der Waals surface area contributed by atoms with Crippen molar-refractivity contribution in [2.75, 3.05) is 4.72 Å². The second-order valence-corrected chi connectivity index (χ2v) is 7.11. The van der Waals surface area contributed by atoms with Crippen LogP contribution in [-0.2, 0) is 16.6 Å². The quantitative estimate of drug-likeness (QED) is 0.776. The Bertz CT molecular complexity index is 1110. The van der Waals surface area contributed by atoms with E-state index < -0.39 is 10.0 Å². The van der Waals surface area contributed by atoms with Gasteiger partial charge in [-0.3, -0.25) is 4.72 Å². The molecule has 3 aromatic rings. The molecule has 7 nitrogen and oxygen atoms in total. The van der Waals surface area contributed by atoms with Crippen molar-refractivity contribution in [3.05, 3.63) is 59.8 Å². The second-order valence-electron chi connectivity index (χ2n) is 5.42. The van der Waals surface area contributed by atoms with Gasteiger partial charge in [0, 0.05) is 0 Å². The van der Waals surface area contributed by atoms with E-state index in [2.05, 4.69) is 9.88 Å². The smallest absolute Gasteiger partial charge is 0.261 e. The number of anilines is 1. The Hall–Kier alpha value is -3.31. The van der Waals surface area contributed by atoms with Crippen LogP contribution in [0.3, 0.4) is 0 Å². The Morgan fingerprint density at radius 3 is 2.92 bits per heavy atom. The van der Waals surface area contributed by atoms with E-state index in [0.717, 1.165) is 5.56 Å². The number of hydrogen-bond acceptors (Lipinski definition) is 6. The van der Waals surface area contributed by atoms with Crippen molar-refractivity contribution in [3.63, 3.8) is 0 Å². The fourth-order valence-corrected chi connectivity index (χ4v) is 3.66. The van der Waals surface area contributed by atoms with Crippen LogP contribution >= 0.6 is 0 Å². The molecule has 0 spiro atoms. The summed E-state index contributed by atoms with van der Waals surface area (Å²) < 4.78 is 38.6. The SMILES string of the molecule is N#Cc1cccc(NS(=O)(=O)c2ccc3c(c2)-c2oncc2CO3)c1. The minimum absolute atomic E-state index is 0.0569. The molecule has 124 valence electrons. The molecule has 2 aromatic carbocycles. The Balaban J connectivity index is 1.72. The average molecular weight is 353 g/mol. The zero-order valence-corrected chi connectivity index (χ0v) is 13.6. The van der Waals surface area contributed by atoms with Gasteiger partial charge in [0.25, 0.3) is 10.0 Å². The summed E-state index contributed by atoms with van der Waals surface area (Å²) in [6, 6.07) is 12.7. The summed E-state index contributed by atoms with van der Waals surface area (Å²) in [6.07, 6.45) is 1.55. The highest BCUT2D eigenvalue weighted by Crippen LogP contribution is 2.38. The van der Waals surface area contributed by atoms with Gasteiger partial charge in [0.1, 0.15) is 12.4 Å². The van der Waals surface area contributed by atoms with Gasteiger partial charge >= 0.3 is 0 Å². The number of ether oxygens (including phenoxy) is 1. The van der Waals surface area contributed by atoms with Gasteiger partial charge in [-0.05, 0) is 36.4 Å². The number of benzene rings is 2. The monoisotopic (exact) mass is 353 g/mol. The molecule has 0 amide bonds. The minimum atomic E-state index is -3.83. The van der Waals surface area contributed by atoms with Crippen LogP contribution in [0.5, 0.6) is 5.75 Å². The van der Waals surface area contributed by atoms with Gasteiger partial charge in [0.05, 0.1) is 39.5 Å². The van der Waals surface area contributed by atoms with Crippen molar-refractivity contribution in [3.8, 4) is 23.1 Å². The van der Waals surface area contributed by atoms with Gasteiger partial charge in [0.2, 0.25) is 0 Å². The lowest BCUT2D eigenvalue weighted by atomic mass is 10.1. The van der Waals surface area contributed by atoms with E-state index >= 15 is 0 Å². The van der Waals surface area contributed by atoms with E-state index in [1.54, 1.807) is 30.5 Å². The summed E-state index contributed by atoms with van der Waals surface area (Å²) in [6.45, 7) is 0.330. The molecule has 0 aliphatic carbocycles. The number of sulfonamides is 1. The average Bonchev–Trinajstić information content (AvgIpc) is 3.10. The largest absolute Gasteiger partial charge is 0.488 e. The normalized spacial score (nSPS) is 12.4. The van der Waals surface area contributed by atoms with Crippen molar-refractivity contribution in [2.45, 2.75) is 11.5 Å². The fourth-order valence-electron chi connectivity index (χ4n) is 2.59. The van der Waals surface area contributed by atoms with E-state index in [9.17, 15) is 8.42 Å². The molecule has 25 heavy (non-hydrogen) atoms. The number of nitrogens with zero attached hydrogens (tertiary/aromatic N) is 2. The van der Waals surface area contributed by atoms with Crippen molar-refractivity contribution in [2.24, 2.45) is 0 Å². The lowest BCUT2D eigenvalue weighted by Gasteiger charge is -2.17. The van der Waals surface area contributed by atoms with Crippen LogP contribution in [0.15, 0.2) is 58.1 Å². The maximum absolute atomic E-state index is 12.7.